The van der Waals surface area contributed by atoms with Crippen molar-refractivity contribution in [1.29, 1.82) is 0 Å². The number of amides is 1. The molecule has 12 heteroatoms. The van der Waals surface area contributed by atoms with Gasteiger partial charge in [0.2, 0.25) is 5.91 Å². The van der Waals surface area contributed by atoms with Gasteiger partial charge in [-0.2, -0.15) is 0 Å². The fourth-order valence-electron chi connectivity index (χ4n) is 3.40. The lowest BCUT2D eigenvalue weighted by Gasteiger charge is -2.03. The van der Waals surface area contributed by atoms with Crippen LogP contribution in [-0.2, 0) is 4.79 Å². The number of nitro groups is 1. The quantitative estimate of drug-likeness (QED) is 0.0845. The first-order valence-corrected chi connectivity index (χ1v) is 14.0. The minimum Gasteiger partial charge on any atom is -0.325 e. The van der Waals surface area contributed by atoms with Crippen molar-refractivity contribution >= 4 is 74.3 Å². The third-order valence-electron chi connectivity index (χ3n) is 5.20. The van der Waals surface area contributed by atoms with Crippen molar-refractivity contribution in [1.82, 2.24) is 9.97 Å². The standard InChI is InChI=1S/C27H18FN5O3S3/c28-18-5-7-19(8-6-18)31-25(34)16-37-27-32-21-10-9-20(14-24(21)39-27)30-15-17-4-11-23(22(13-17)33(35)36)38-26-3-1-2-12-29-26/h1-15H,16H2,(H,31,34). The summed E-state index contributed by atoms with van der Waals surface area (Å²) in [4.78, 5) is 37.2. The van der Waals surface area contributed by atoms with Crippen molar-refractivity contribution < 1.29 is 14.1 Å². The second-order valence-electron chi connectivity index (χ2n) is 7.99. The molecule has 3 aromatic carbocycles. The molecule has 0 bridgehead atoms. The summed E-state index contributed by atoms with van der Waals surface area (Å²) in [6, 6.07) is 21.5. The van der Waals surface area contributed by atoms with Crippen molar-refractivity contribution in [2.75, 3.05) is 11.1 Å². The molecule has 2 heterocycles. The van der Waals surface area contributed by atoms with Crippen molar-refractivity contribution in [3.63, 3.8) is 0 Å². The fourth-order valence-corrected chi connectivity index (χ4v) is 6.17. The van der Waals surface area contributed by atoms with Crippen LogP contribution >= 0.6 is 34.9 Å². The van der Waals surface area contributed by atoms with Crippen LogP contribution in [0.5, 0.6) is 0 Å². The van der Waals surface area contributed by atoms with Crippen LogP contribution in [0.3, 0.4) is 0 Å². The normalized spacial score (nSPS) is 11.2. The lowest BCUT2D eigenvalue weighted by atomic mass is 10.2. The zero-order chi connectivity index (χ0) is 27.2. The highest BCUT2D eigenvalue weighted by Gasteiger charge is 2.16. The average Bonchev–Trinajstić information content (AvgIpc) is 3.35. The van der Waals surface area contributed by atoms with E-state index in [1.165, 1.54) is 65.2 Å². The summed E-state index contributed by atoms with van der Waals surface area (Å²) in [6.45, 7) is 0. The minimum absolute atomic E-state index is 0.0161. The van der Waals surface area contributed by atoms with Gasteiger partial charge < -0.3 is 5.32 Å². The maximum atomic E-state index is 13.0. The van der Waals surface area contributed by atoms with Crippen LogP contribution < -0.4 is 5.32 Å². The largest absolute Gasteiger partial charge is 0.325 e. The van der Waals surface area contributed by atoms with E-state index in [-0.39, 0.29) is 23.2 Å². The van der Waals surface area contributed by atoms with Gasteiger partial charge in [-0.15, -0.1) is 11.3 Å². The summed E-state index contributed by atoms with van der Waals surface area (Å²) in [5.74, 6) is -0.416. The number of nitrogens with zero attached hydrogens (tertiary/aromatic N) is 4. The molecule has 0 spiro atoms. The molecule has 5 rings (SSSR count). The zero-order valence-corrected chi connectivity index (χ0v) is 22.4. The van der Waals surface area contributed by atoms with E-state index in [9.17, 15) is 19.3 Å². The van der Waals surface area contributed by atoms with Gasteiger partial charge in [-0.3, -0.25) is 19.9 Å². The molecular weight excluding hydrogens is 558 g/mol. The van der Waals surface area contributed by atoms with E-state index in [2.05, 4.69) is 20.3 Å². The molecule has 0 fully saturated rings. The number of hydrogen-bond acceptors (Lipinski definition) is 9. The van der Waals surface area contributed by atoms with Crippen molar-refractivity contribution in [2.24, 2.45) is 4.99 Å². The Balaban J connectivity index is 1.25. The van der Waals surface area contributed by atoms with Crippen LogP contribution in [0.15, 0.2) is 104 Å². The molecule has 1 amide bonds. The van der Waals surface area contributed by atoms with Crippen LogP contribution in [0.1, 0.15) is 5.56 Å². The molecule has 0 aliphatic heterocycles. The lowest BCUT2D eigenvalue weighted by molar-refractivity contribution is -0.387. The first-order valence-electron chi connectivity index (χ1n) is 11.4. The first kappa shape index (κ1) is 26.5. The molecule has 0 atom stereocenters. The molecule has 1 N–H and O–H groups in total. The number of thioether (sulfide) groups is 1. The summed E-state index contributed by atoms with van der Waals surface area (Å²) in [7, 11) is 0. The Morgan fingerprint density at radius 3 is 2.72 bits per heavy atom. The Labute approximate surface area is 234 Å². The average molecular weight is 576 g/mol. The number of thiazole rings is 1. The van der Waals surface area contributed by atoms with Crippen LogP contribution in [0.2, 0.25) is 0 Å². The molecule has 0 radical (unpaired) electrons. The monoisotopic (exact) mass is 575 g/mol. The number of rotatable bonds is 9. The topological polar surface area (TPSA) is 110 Å². The molecule has 0 saturated carbocycles. The van der Waals surface area contributed by atoms with Crippen LogP contribution in [0.25, 0.3) is 10.2 Å². The van der Waals surface area contributed by atoms with Gasteiger partial charge in [0.25, 0.3) is 5.69 Å². The van der Waals surface area contributed by atoms with Crippen molar-refractivity contribution in [2.45, 2.75) is 14.3 Å². The van der Waals surface area contributed by atoms with E-state index in [0.717, 1.165) is 14.6 Å². The van der Waals surface area contributed by atoms with Crippen LogP contribution in [0.4, 0.5) is 21.5 Å². The SMILES string of the molecule is O=C(CSc1nc2ccc(N=Cc3ccc(Sc4ccccn4)c([N+](=O)[O-])c3)cc2s1)Nc1ccc(F)cc1. The van der Waals surface area contributed by atoms with E-state index in [1.807, 2.05) is 24.3 Å². The summed E-state index contributed by atoms with van der Waals surface area (Å²) in [5.41, 5.74) is 2.57. The first-order chi connectivity index (χ1) is 18.9. The van der Waals surface area contributed by atoms with Gasteiger partial charge in [-0.05, 0) is 66.2 Å². The number of nitro benzene ring substituents is 1. The number of nitrogens with one attached hydrogen (secondary N) is 1. The second kappa shape index (κ2) is 12.2. The lowest BCUT2D eigenvalue weighted by Crippen LogP contribution is -2.13. The molecule has 0 aliphatic carbocycles. The van der Waals surface area contributed by atoms with E-state index in [0.29, 0.717) is 26.9 Å². The number of aromatic nitrogens is 2. The molecule has 0 aliphatic rings. The molecule has 39 heavy (non-hydrogen) atoms. The maximum absolute atomic E-state index is 13.0. The molecule has 0 unspecified atom stereocenters. The van der Waals surface area contributed by atoms with Gasteiger partial charge in [-0.1, -0.05) is 35.7 Å². The highest BCUT2D eigenvalue weighted by Crippen LogP contribution is 2.35. The highest BCUT2D eigenvalue weighted by atomic mass is 32.2. The van der Waals surface area contributed by atoms with Gasteiger partial charge in [0.15, 0.2) is 4.34 Å². The second-order valence-corrected chi connectivity index (χ2v) is 11.3. The van der Waals surface area contributed by atoms with E-state index in [4.69, 9.17) is 0 Å². The Hall–Kier alpha value is -4.13. The van der Waals surface area contributed by atoms with Crippen LogP contribution in [0, 0.1) is 15.9 Å². The Kier molecular flexibility index (Phi) is 8.25. The number of halogens is 1. The third-order valence-corrected chi connectivity index (χ3v) is 8.38. The number of pyridine rings is 1. The molecule has 194 valence electrons. The highest BCUT2D eigenvalue weighted by molar-refractivity contribution is 8.01. The fraction of sp³-hybridized carbons (Fsp3) is 0.0370. The molecule has 8 nitrogen and oxygen atoms in total. The Morgan fingerprint density at radius 1 is 1.10 bits per heavy atom. The summed E-state index contributed by atoms with van der Waals surface area (Å²) in [6.07, 6.45) is 3.23. The minimum atomic E-state index is -0.412. The predicted octanol–water partition coefficient (Wildman–Crippen LogP) is 7.37. The Morgan fingerprint density at radius 2 is 1.95 bits per heavy atom. The summed E-state index contributed by atoms with van der Waals surface area (Å²) >= 11 is 3.99. The van der Waals surface area contributed by atoms with Gasteiger partial charge in [0.1, 0.15) is 10.8 Å². The molecule has 5 aromatic rings. The number of benzene rings is 3. The van der Waals surface area contributed by atoms with E-state index < -0.39 is 4.92 Å². The van der Waals surface area contributed by atoms with Crippen molar-refractivity contribution in [3.8, 4) is 0 Å². The predicted molar refractivity (Wildman–Crippen MR) is 154 cm³/mol. The molecule has 2 aromatic heterocycles. The number of fused-ring (bicyclic) bond motifs is 1. The zero-order valence-electron chi connectivity index (χ0n) is 20.0. The van der Waals surface area contributed by atoms with E-state index >= 15 is 0 Å². The van der Waals surface area contributed by atoms with E-state index in [1.54, 1.807) is 36.7 Å². The van der Waals surface area contributed by atoms with Crippen molar-refractivity contribution in [3.05, 3.63) is 107 Å². The number of carbonyl (C=O) groups excluding carboxylic acids is 1. The number of carbonyl (C=O) groups is 1. The van der Waals surface area contributed by atoms with Gasteiger partial charge in [-0.25, -0.2) is 14.4 Å². The molecular formula is C27H18FN5O3S3. The number of hydrogen-bond donors (Lipinski definition) is 1. The maximum Gasteiger partial charge on any atom is 0.283 e. The third kappa shape index (κ3) is 7.05. The van der Waals surface area contributed by atoms with Gasteiger partial charge in [0, 0.05) is 24.2 Å². The summed E-state index contributed by atoms with van der Waals surface area (Å²) in [5, 5.41) is 15.1. The molecule has 0 saturated heterocycles. The number of aliphatic imine (C=N–C) groups is 1. The number of anilines is 1. The van der Waals surface area contributed by atoms with Gasteiger partial charge >= 0.3 is 0 Å². The summed E-state index contributed by atoms with van der Waals surface area (Å²) < 4.78 is 14.7. The van der Waals surface area contributed by atoms with Gasteiger partial charge in [0.05, 0.1) is 31.5 Å². The van der Waals surface area contributed by atoms with Crippen LogP contribution in [-0.4, -0.2) is 32.8 Å². The smallest absolute Gasteiger partial charge is 0.283 e. The Bertz CT molecular complexity index is 1680.